The second kappa shape index (κ2) is 4.75. The van der Waals surface area contributed by atoms with Gasteiger partial charge in [0.1, 0.15) is 5.02 Å². The molecule has 0 spiro atoms. The molecule has 0 radical (unpaired) electrons. The minimum absolute atomic E-state index is 0.0611. The highest BCUT2D eigenvalue weighted by atomic mass is 35.5. The Morgan fingerprint density at radius 1 is 1.65 bits per heavy atom. The molecule has 1 aliphatic rings. The summed E-state index contributed by atoms with van der Waals surface area (Å²) >= 11 is 5.88. The molecule has 2 heterocycles. The van der Waals surface area contributed by atoms with Crippen molar-refractivity contribution in [1.29, 1.82) is 0 Å². The summed E-state index contributed by atoms with van der Waals surface area (Å²) in [5, 5.41) is 15.0. The van der Waals surface area contributed by atoms with Crippen molar-refractivity contribution in [1.82, 2.24) is 10.2 Å². The summed E-state index contributed by atoms with van der Waals surface area (Å²) in [4.78, 5) is 24.0. The van der Waals surface area contributed by atoms with E-state index < -0.39 is 17.4 Å². The van der Waals surface area contributed by atoms with E-state index in [-0.39, 0.29) is 5.02 Å². The first-order valence-electron chi connectivity index (χ1n) is 5.30. The molecule has 0 aliphatic carbocycles. The van der Waals surface area contributed by atoms with E-state index >= 15 is 0 Å². The van der Waals surface area contributed by atoms with E-state index in [1.807, 2.05) is 0 Å². The number of H-pyrrole nitrogens is 1. The number of halogens is 1. The lowest BCUT2D eigenvalue weighted by molar-refractivity contribution is -0.141. The van der Waals surface area contributed by atoms with E-state index in [1.165, 1.54) is 6.20 Å². The molecule has 0 saturated carbocycles. The fourth-order valence-corrected chi connectivity index (χ4v) is 2.20. The van der Waals surface area contributed by atoms with Crippen molar-refractivity contribution in [3.05, 3.63) is 21.6 Å². The molecule has 1 fully saturated rings. The number of nitrogens with zero attached hydrogens (tertiary/aromatic N) is 2. The Hall–Kier alpha value is -1.56. The summed E-state index contributed by atoms with van der Waals surface area (Å²) in [6, 6.07) is 0. The van der Waals surface area contributed by atoms with Gasteiger partial charge in [0.15, 0.2) is 0 Å². The normalized spacial score (nSPS) is 20.3. The SMILES string of the molecule is O=C(O)[C@H]1CCCN(c2cn[nH]c(=O)c2Cl)C1. The lowest BCUT2D eigenvalue weighted by Gasteiger charge is -2.32. The molecule has 1 aromatic heterocycles. The third-order valence-corrected chi connectivity index (χ3v) is 3.25. The van der Waals surface area contributed by atoms with Crippen LogP contribution in [0.5, 0.6) is 0 Å². The van der Waals surface area contributed by atoms with Crippen molar-refractivity contribution in [3.8, 4) is 0 Å². The van der Waals surface area contributed by atoms with Crippen LogP contribution in [0.4, 0.5) is 5.69 Å². The van der Waals surface area contributed by atoms with Gasteiger partial charge in [0.25, 0.3) is 5.56 Å². The van der Waals surface area contributed by atoms with Gasteiger partial charge in [-0.1, -0.05) is 11.6 Å². The number of hydrogen-bond donors (Lipinski definition) is 2. The number of aromatic nitrogens is 2. The Balaban J connectivity index is 2.25. The minimum Gasteiger partial charge on any atom is -0.481 e. The molecule has 0 unspecified atom stereocenters. The second-order valence-corrected chi connectivity index (χ2v) is 4.40. The van der Waals surface area contributed by atoms with Crippen LogP contribution in [0, 0.1) is 5.92 Å². The highest BCUT2D eigenvalue weighted by Crippen LogP contribution is 2.26. The number of rotatable bonds is 2. The van der Waals surface area contributed by atoms with Gasteiger partial charge >= 0.3 is 5.97 Å². The molecule has 1 atom stereocenters. The molecule has 2 rings (SSSR count). The molecule has 0 amide bonds. The maximum absolute atomic E-state index is 11.3. The van der Waals surface area contributed by atoms with Gasteiger partial charge in [0.2, 0.25) is 0 Å². The van der Waals surface area contributed by atoms with E-state index in [0.717, 1.165) is 6.42 Å². The highest BCUT2D eigenvalue weighted by molar-refractivity contribution is 6.33. The third kappa shape index (κ3) is 2.41. The van der Waals surface area contributed by atoms with E-state index in [1.54, 1.807) is 4.90 Å². The van der Waals surface area contributed by atoms with Gasteiger partial charge in [-0.25, -0.2) is 5.10 Å². The van der Waals surface area contributed by atoms with Crippen molar-refractivity contribution in [3.63, 3.8) is 0 Å². The summed E-state index contributed by atoms with van der Waals surface area (Å²) in [6.45, 7) is 1.05. The largest absolute Gasteiger partial charge is 0.481 e. The summed E-state index contributed by atoms with van der Waals surface area (Å²) < 4.78 is 0. The fourth-order valence-electron chi connectivity index (χ4n) is 1.99. The molecule has 0 bridgehead atoms. The Labute approximate surface area is 102 Å². The van der Waals surface area contributed by atoms with Gasteiger partial charge in [-0.15, -0.1) is 0 Å². The number of hydrogen-bond acceptors (Lipinski definition) is 4. The van der Waals surface area contributed by atoms with E-state index in [9.17, 15) is 9.59 Å². The average molecular weight is 258 g/mol. The van der Waals surface area contributed by atoms with Crippen molar-refractivity contribution in [2.24, 2.45) is 5.92 Å². The van der Waals surface area contributed by atoms with Gasteiger partial charge in [-0.3, -0.25) is 9.59 Å². The van der Waals surface area contributed by atoms with Crippen LogP contribution < -0.4 is 10.5 Å². The number of aromatic amines is 1. The van der Waals surface area contributed by atoms with Gasteiger partial charge < -0.3 is 10.0 Å². The van der Waals surface area contributed by atoms with Crippen LogP contribution in [0.3, 0.4) is 0 Å². The Morgan fingerprint density at radius 3 is 3.12 bits per heavy atom. The van der Waals surface area contributed by atoms with Crippen LogP contribution in [-0.2, 0) is 4.79 Å². The Bertz CT molecular complexity index is 488. The zero-order valence-electron chi connectivity index (χ0n) is 9.02. The highest BCUT2D eigenvalue weighted by Gasteiger charge is 2.27. The molecule has 92 valence electrons. The first-order valence-corrected chi connectivity index (χ1v) is 5.68. The van der Waals surface area contributed by atoms with Crippen molar-refractivity contribution in [2.75, 3.05) is 18.0 Å². The fraction of sp³-hybridized carbons (Fsp3) is 0.500. The van der Waals surface area contributed by atoms with Gasteiger partial charge in [-0.2, -0.15) is 5.10 Å². The van der Waals surface area contributed by atoms with Crippen LogP contribution in [0.25, 0.3) is 0 Å². The molecule has 1 saturated heterocycles. The molecular formula is C10H12ClN3O3. The van der Waals surface area contributed by atoms with Crippen molar-refractivity contribution < 1.29 is 9.90 Å². The van der Waals surface area contributed by atoms with Gasteiger partial charge in [-0.05, 0) is 12.8 Å². The number of piperidine rings is 1. The maximum Gasteiger partial charge on any atom is 0.308 e. The van der Waals surface area contributed by atoms with Crippen LogP contribution >= 0.6 is 11.6 Å². The molecule has 1 aromatic rings. The van der Waals surface area contributed by atoms with Crippen molar-refractivity contribution >= 4 is 23.3 Å². The van der Waals surface area contributed by atoms with Crippen LogP contribution in [0.1, 0.15) is 12.8 Å². The molecule has 0 aromatic carbocycles. The molecule has 1 aliphatic heterocycles. The third-order valence-electron chi connectivity index (χ3n) is 2.89. The number of nitrogens with one attached hydrogen (secondary N) is 1. The van der Waals surface area contributed by atoms with Crippen LogP contribution in [0.2, 0.25) is 5.02 Å². The number of carbonyl (C=O) groups is 1. The summed E-state index contributed by atoms with van der Waals surface area (Å²) in [6.07, 6.45) is 2.87. The minimum atomic E-state index is -0.816. The quantitative estimate of drug-likeness (QED) is 0.815. The summed E-state index contributed by atoms with van der Waals surface area (Å²) in [5.41, 5.74) is 0.0444. The lowest BCUT2D eigenvalue weighted by atomic mass is 9.98. The molecule has 2 N–H and O–H groups in total. The number of anilines is 1. The smallest absolute Gasteiger partial charge is 0.308 e. The summed E-state index contributed by atoms with van der Waals surface area (Å²) in [7, 11) is 0. The number of carboxylic acid groups (broad SMARTS) is 1. The van der Waals surface area contributed by atoms with Gasteiger partial charge in [0, 0.05) is 13.1 Å². The first-order chi connectivity index (χ1) is 8.09. The topological polar surface area (TPSA) is 86.3 Å². The first kappa shape index (κ1) is 11.9. The number of carboxylic acids is 1. The Morgan fingerprint density at radius 2 is 2.41 bits per heavy atom. The maximum atomic E-state index is 11.3. The van der Waals surface area contributed by atoms with Crippen LogP contribution in [0.15, 0.2) is 11.0 Å². The predicted molar refractivity (Wildman–Crippen MR) is 62.4 cm³/mol. The molecular weight excluding hydrogens is 246 g/mol. The van der Waals surface area contributed by atoms with Gasteiger partial charge in [0.05, 0.1) is 17.8 Å². The number of aliphatic carboxylic acids is 1. The summed E-state index contributed by atoms with van der Waals surface area (Å²) in [5.74, 6) is -1.23. The second-order valence-electron chi connectivity index (χ2n) is 4.02. The predicted octanol–water partition coefficient (Wildman–Crippen LogP) is 0.724. The van der Waals surface area contributed by atoms with E-state index in [2.05, 4.69) is 10.2 Å². The van der Waals surface area contributed by atoms with E-state index in [0.29, 0.717) is 25.2 Å². The average Bonchev–Trinajstić information content (AvgIpc) is 2.33. The van der Waals surface area contributed by atoms with Crippen molar-refractivity contribution in [2.45, 2.75) is 12.8 Å². The molecule has 6 nitrogen and oxygen atoms in total. The monoisotopic (exact) mass is 257 g/mol. The van der Waals surface area contributed by atoms with E-state index in [4.69, 9.17) is 16.7 Å². The zero-order valence-corrected chi connectivity index (χ0v) is 9.78. The Kier molecular flexibility index (Phi) is 3.33. The standard InChI is InChI=1S/C10H12ClN3O3/c11-8-7(4-12-13-9(8)15)14-3-1-2-6(5-14)10(16)17/h4,6H,1-3,5H2,(H,13,15)(H,16,17)/t6-/m0/s1. The lowest BCUT2D eigenvalue weighted by Crippen LogP contribution is -2.39. The zero-order chi connectivity index (χ0) is 12.4. The molecule has 17 heavy (non-hydrogen) atoms. The van der Waals surface area contributed by atoms with Crippen LogP contribution in [-0.4, -0.2) is 34.4 Å². The molecule has 7 heteroatoms.